The highest BCUT2D eigenvalue weighted by Gasteiger charge is 2.16. The van der Waals surface area contributed by atoms with E-state index in [2.05, 4.69) is 10.6 Å². The zero-order valence-electron chi connectivity index (χ0n) is 20.0. The molecule has 0 spiro atoms. The number of nitrogens with one attached hydrogen (secondary N) is 2. The van der Waals surface area contributed by atoms with E-state index in [0.29, 0.717) is 0 Å². The number of halogens is 4. The zero-order chi connectivity index (χ0) is 28.1. The lowest BCUT2D eigenvalue weighted by atomic mass is 10.1. The lowest BCUT2D eigenvalue weighted by molar-refractivity contribution is 0.0687. The van der Waals surface area contributed by atoms with Crippen LogP contribution in [0.3, 0.4) is 0 Å². The second-order valence-corrected chi connectivity index (χ2v) is 8.26. The third kappa shape index (κ3) is 6.27. The smallest absolute Gasteiger partial charge is 0.337 e. The summed E-state index contributed by atoms with van der Waals surface area (Å²) in [6.07, 6.45) is 0. The van der Waals surface area contributed by atoms with Gasteiger partial charge in [-0.05, 0) is 48.5 Å². The molecule has 0 saturated carbocycles. The molecule has 0 unspecified atom stereocenters. The van der Waals surface area contributed by atoms with Crippen molar-refractivity contribution in [2.75, 3.05) is 10.6 Å². The maximum Gasteiger partial charge on any atom is 0.337 e. The van der Waals surface area contributed by atoms with E-state index in [4.69, 9.17) is 4.74 Å². The van der Waals surface area contributed by atoms with Crippen molar-refractivity contribution >= 4 is 23.3 Å². The molecular formula is C28H20F4N2O5. The fraction of sp³-hybridized carbons (Fsp3) is 0.0714. The van der Waals surface area contributed by atoms with Gasteiger partial charge in [0.25, 0.3) is 0 Å². The summed E-state index contributed by atoms with van der Waals surface area (Å²) in [6, 6.07) is 15.3. The van der Waals surface area contributed by atoms with Crippen molar-refractivity contribution in [3.8, 4) is 11.5 Å². The summed E-state index contributed by atoms with van der Waals surface area (Å²) in [4.78, 5) is 23.6. The maximum absolute atomic E-state index is 13.9. The topological polar surface area (TPSA) is 108 Å². The third-order valence-corrected chi connectivity index (χ3v) is 5.68. The molecule has 0 atom stereocenters. The van der Waals surface area contributed by atoms with Gasteiger partial charge in [-0.1, -0.05) is 24.3 Å². The van der Waals surface area contributed by atoms with Gasteiger partial charge in [0.05, 0.1) is 11.1 Å². The second kappa shape index (κ2) is 11.5. The summed E-state index contributed by atoms with van der Waals surface area (Å²) >= 11 is 0. The summed E-state index contributed by atoms with van der Waals surface area (Å²) < 4.78 is 60.4. The number of hydrogen-bond donors (Lipinski definition) is 4. The van der Waals surface area contributed by atoms with Gasteiger partial charge in [-0.3, -0.25) is 0 Å². The van der Waals surface area contributed by atoms with Crippen LogP contribution in [0, 0.1) is 23.3 Å². The number of ether oxygens (including phenoxy) is 1. The van der Waals surface area contributed by atoms with Crippen LogP contribution in [-0.4, -0.2) is 22.2 Å². The molecule has 200 valence electrons. The van der Waals surface area contributed by atoms with Crippen molar-refractivity contribution in [3.63, 3.8) is 0 Å². The Hall–Kier alpha value is -5.06. The minimum Gasteiger partial charge on any atom is -0.478 e. The first-order valence-electron chi connectivity index (χ1n) is 11.4. The number of carbonyl (C=O) groups is 2. The van der Waals surface area contributed by atoms with Gasteiger partial charge < -0.3 is 25.6 Å². The Morgan fingerprint density at radius 1 is 0.641 bits per heavy atom. The van der Waals surface area contributed by atoms with Crippen LogP contribution in [0.2, 0.25) is 0 Å². The maximum atomic E-state index is 13.9. The first kappa shape index (κ1) is 27.0. The lowest BCUT2D eigenvalue weighted by Crippen LogP contribution is -2.09. The van der Waals surface area contributed by atoms with Crippen molar-refractivity contribution in [1.29, 1.82) is 0 Å². The van der Waals surface area contributed by atoms with E-state index in [1.165, 1.54) is 60.7 Å². The van der Waals surface area contributed by atoms with E-state index in [9.17, 15) is 37.4 Å². The highest BCUT2D eigenvalue weighted by atomic mass is 19.2. The Bertz CT molecular complexity index is 1450. The molecular weight excluding hydrogens is 520 g/mol. The molecule has 4 rings (SSSR count). The highest BCUT2D eigenvalue weighted by Crippen LogP contribution is 2.30. The number of carboxylic acid groups (broad SMARTS) is 2. The average Bonchev–Trinajstić information content (AvgIpc) is 2.91. The Labute approximate surface area is 219 Å². The normalized spacial score (nSPS) is 10.7. The largest absolute Gasteiger partial charge is 0.478 e. The van der Waals surface area contributed by atoms with Gasteiger partial charge in [0.2, 0.25) is 0 Å². The minimum atomic E-state index is -1.32. The fourth-order valence-electron chi connectivity index (χ4n) is 3.72. The van der Waals surface area contributed by atoms with Crippen LogP contribution >= 0.6 is 0 Å². The molecule has 0 aromatic heterocycles. The average molecular weight is 540 g/mol. The predicted octanol–water partition coefficient (Wildman–Crippen LogP) is 6.66. The number of rotatable bonds is 10. The van der Waals surface area contributed by atoms with Gasteiger partial charge in [-0.15, -0.1) is 0 Å². The molecule has 0 aliphatic carbocycles. The second-order valence-electron chi connectivity index (χ2n) is 8.26. The molecule has 4 aromatic rings. The number of hydrogen-bond acceptors (Lipinski definition) is 5. The molecule has 39 heavy (non-hydrogen) atoms. The molecule has 7 nitrogen and oxygen atoms in total. The van der Waals surface area contributed by atoms with Crippen LogP contribution in [0.5, 0.6) is 11.5 Å². The molecule has 0 aliphatic heterocycles. The Balaban J connectivity index is 1.52. The molecule has 0 bridgehead atoms. The van der Waals surface area contributed by atoms with Crippen LogP contribution in [0.25, 0.3) is 0 Å². The van der Waals surface area contributed by atoms with E-state index in [-0.39, 0.29) is 58.2 Å². The molecule has 0 saturated heterocycles. The lowest BCUT2D eigenvalue weighted by Gasteiger charge is -2.14. The molecule has 0 heterocycles. The van der Waals surface area contributed by atoms with E-state index in [1.54, 1.807) is 0 Å². The van der Waals surface area contributed by atoms with Crippen LogP contribution in [0.1, 0.15) is 31.8 Å². The van der Waals surface area contributed by atoms with Gasteiger partial charge in [-0.25, -0.2) is 27.2 Å². The highest BCUT2D eigenvalue weighted by molar-refractivity contribution is 5.95. The van der Waals surface area contributed by atoms with Gasteiger partial charge in [0.1, 0.15) is 11.5 Å². The molecule has 0 fully saturated rings. The quantitative estimate of drug-likeness (QED) is 0.167. The van der Waals surface area contributed by atoms with Crippen molar-refractivity contribution in [2.45, 2.75) is 13.1 Å². The molecule has 11 heteroatoms. The number of carboxylic acids is 2. The zero-order valence-corrected chi connectivity index (χ0v) is 20.0. The Kier molecular flexibility index (Phi) is 7.99. The summed E-state index contributed by atoms with van der Waals surface area (Å²) in [5.74, 6) is -6.66. The number of benzene rings is 4. The van der Waals surface area contributed by atoms with Crippen LogP contribution < -0.4 is 15.4 Å². The first-order chi connectivity index (χ1) is 18.6. The molecule has 4 N–H and O–H groups in total. The summed E-state index contributed by atoms with van der Waals surface area (Å²) in [5.41, 5.74) is -0.206. The molecule has 4 aromatic carbocycles. The van der Waals surface area contributed by atoms with Crippen LogP contribution in [-0.2, 0) is 13.1 Å². The van der Waals surface area contributed by atoms with Crippen molar-refractivity contribution < 1.29 is 42.1 Å². The summed E-state index contributed by atoms with van der Waals surface area (Å²) in [6.45, 7) is -0.361. The van der Waals surface area contributed by atoms with E-state index in [0.717, 1.165) is 12.1 Å². The summed E-state index contributed by atoms with van der Waals surface area (Å²) in [7, 11) is 0. The Morgan fingerprint density at radius 2 is 1.05 bits per heavy atom. The number of aromatic carboxylic acids is 2. The number of anilines is 2. The minimum absolute atomic E-state index is 0.00158. The SMILES string of the molecule is O=C(O)c1cc(Oc2ccc(NCc3cccc(F)c3F)c(C(=O)O)c2)ccc1NCc1cccc(F)c1F. The molecule has 0 aliphatic rings. The van der Waals surface area contributed by atoms with E-state index < -0.39 is 35.2 Å². The van der Waals surface area contributed by atoms with Crippen molar-refractivity contribution in [1.82, 2.24) is 0 Å². The van der Waals surface area contributed by atoms with Crippen molar-refractivity contribution in [3.05, 3.63) is 118 Å². The van der Waals surface area contributed by atoms with Gasteiger partial charge in [0.15, 0.2) is 23.3 Å². The van der Waals surface area contributed by atoms with Crippen LogP contribution in [0.15, 0.2) is 72.8 Å². The monoisotopic (exact) mass is 540 g/mol. The standard InChI is InChI=1S/C28H20F4N2O5/c29-21-5-1-3-15(25(21)31)13-33-23-9-7-17(11-19(23)27(35)36)39-18-8-10-24(20(12-18)28(37)38)34-14-16-4-2-6-22(30)26(16)32/h1-12,33-34H,13-14H2,(H,35,36)(H,37,38). The third-order valence-electron chi connectivity index (χ3n) is 5.68. The van der Waals surface area contributed by atoms with Crippen LogP contribution in [0.4, 0.5) is 28.9 Å². The van der Waals surface area contributed by atoms with Gasteiger partial charge in [-0.2, -0.15) is 0 Å². The molecule has 0 amide bonds. The molecule has 0 radical (unpaired) electrons. The van der Waals surface area contributed by atoms with E-state index >= 15 is 0 Å². The van der Waals surface area contributed by atoms with Crippen molar-refractivity contribution in [2.24, 2.45) is 0 Å². The van der Waals surface area contributed by atoms with E-state index in [1.807, 2.05) is 0 Å². The first-order valence-corrected chi connectivity index (χ1v) is 11.4. The Morgan fingerprint density at radius 3 is 1.44 bits per heavy atom. The fourth-order valence-corrected chi connectivity index (χ4v) is 3.72. The summed E-state index contributed by atoms with van der Waals surface area (Å²) in [5, 5.41) is 24.8. The van der Waals surface area contributed by atoms with Gasteiger partial charge >= 0.3 is 11.9 Å². The van der Waals surface area contributed by atoms with Gasteiger partial charge in [0, 0.05) is 35.6 Å². The predicted molar refractivity (Wildman–Crippen MR) is 134 cm³/mol.